The molecule has 0 fully saturated rings. The van der Waals surface area contributed by atoms with E-state index in [1.807, 2.05) is 67.6 Å². The third-order valence-electron chi connectivity index (χ3n) is 4.60. The van der Waals surface area contributed by atoms with Gasteiger partial charge in [-0.15, -0.1) is 0 Å². The third kappa shape index (κ3) is 3.71. The molecule has 6 nitrogen and oxygen atoms in total. The number of nitrogens with zero attached hydrogens (tertiary/aromatic N) is 2. The van der Waals surface area contributed by atoms with Crippen LogP contribution >= 0.6 is 0 Å². The van der Waals surface area contributed by atoms with Crippen LogP contribution in [-0.2, 0) is 0 Å². The molecule has 1 unspecified atom stereocenters. The summed E-state index contributed by atoms with van der Waals surface area (Å²) in [6.45, 7) is 2.01. The summed E-state index contributed by atoms with van der Waals surface area (Å²) in [7, 11) is 0. The number of fused-ring (bicyclic) bond motifs is 1. The number of nitrogens with one attached hydrogen (secondary N) is 3. The second-order valence-corrected chi connectivity index (χ2v) is 6.49. The molecule has 2 aromatic heterocycles. The molecule has 0 aliphatic heterocycles. The first-order valence-electron chi connectivity index (χ1n) is 9.26. The highest BCUT2D eigenvalue weighted by atomic mass is 16.2. The molecule has 3 N–H and O–H groups in total. The average molecular weight is 371 g/mol. The van der Waals surface area contributed by atoms with Crippen LogP contribution in [0, 0.1) is 0 Å². The molecule has 4 aromatic rings. The number of H-pyrrole nitrogens is 1. The van der Waals surface area contributed by atoms with Gasteiger partial charge in [-0.05, 0) is 24.1 Å². The predicted octanol–water partition coefficient (Wildman–Crippen LogP) is 4.90. The zero-order chi connectivity index (χ0) is 19.3. The molecule has 0 saturated heterocycles. The van der Waals surface area contributed by atoms with Crippen molar-refractivity contribution in [2.75, 3.05) is 5.32 Å². The monoisotopic (exact) mass is 371 g/mol. The highest BCUT2D eigenvalue weighted by Gasteiger charge is 2.17. The first-order valence-corrected chi connectivity index (χ1v) is 9.26. The Balaban J connectivity index is 1.49. The van der Waals surface area contributed by atoms with E-state index >= 15 is 0 Å². The van der Waals surface area contributed by atoms with Crippen molar-refractivity contribution in [3.63, 3.8) is 0 Å². The van der Waals surface area contributed by atoms with Crippen molar-refractivity contribution in [2.24, 2.45) is 0 Å². The van der Waals surface area contributed by atoms with Gasteiger partial charge in [0.1, 0.15) is 5.82 Å². The van der Waals surface area contributed by atoms with Crippen molar-refractivity contribution in [2.45, 2.75) is 19.4 Å². The number of pyridine rings is 1. The summed E-state index contributed by atoms with van der Waals surface area (Å²) in [5, 5.41) is 6.87. The summed E-state index contributed by atoms with van der Waals surface area (Å²) in [5.74, 6) is 0.729. The number of carbonyl (C=O) groups is 1. The van der Waals surface area contributed by atoms with E-state index in [4.69, 9.17) is 0 Å². The van der Waals surface area contributed by atoms with Gasteiger partial charge in [0.15, 0.2) is 0 Å². The summed E-state index contributed by atoms with van der Waals surface area (Å²) < 4.78 is 0. The number of benzene rings is 2. The number of amides is 2. The molecule has 0 radical (unpaired) electrons. The van der Waals surface area contributed by atoms with Gasteiger partial charge in [-0.3, -0.25) is 4.98 Å². The fourth-order valence-electron chi connectivity index (χ4n) is 3.16. The lowest BCUT2D eigenvalue weighted by atomic mass is 10.2. The maximum Gasteiger partial charge on any atom is 0.319 e. The first-order chi connectivity index (χ1) is 13.7. The third-order valence-corrected chi connectivity index (χ3v) is 4.60. The number of para-hydroxylation sites is 1. The molecule has 2 heterocycles. The normalized spacial score (nSPS) is 11.9. The second-order valence-electron chi connectivity index (χ2n) is 6.49. The van der Waals surface area contributed by atoms with Gasteiger partial charge in [0, 0.05) is 11.6 Å². The summed E-state index contributed by atoms with van der Waals surface area (Å²) in [5.41, 5.74) is 3.42. The molecule has 2 amide bonds. The molecular formula is C22H21N5O. The number of urea groups is 1. The smallest absolute Gasteiger partial charge is 0.319 e. The van der Waals surface area contributed by atoms with Gasteiger partial charge in [0.2, 0.25) is 0 Å². The summed E-state index contributed by atoms with van der Waals surface area (Å²) >= 11 is 0. The average Bonchev–Trinajstić information content (AvgIpc) is 3.23. The van der Waals surface area contributed by atoms with Gasteiger partial charge in [-0.2, -0.15) is 0 Å². The Morgan fingerprint density at radius 1 is 1.04 bits per heavy atom. The minimum absolute atomic E-state index is 0.222. The largest absolute Gasteiger partial charge is 0.340 e. The number of hydrogen-bond donors (Lipinski definition) is 3. The van der Waals surface area contributed by atoms with Crippen LogP contribution in [-0.4, -0.2) is 21.0 Å². The second kappa shape index (κ2) is 7.92. The van der Waals surface area contributed by atoms with E-state index in [1.54, 1.807) is 12.4 Å². The van der Waals surface area contributed by atoms with Gasteiger partial charge in [0.05, 0.1) is 29.1 Å². The number of carbonyl (C=O) groups excluding carboxylic acids is 1. The molecule has 2 aromatic carbocycles. The maximum absolute atomic E-state index is 12.6. The van der Waals surface area contributed by atoms with Crippen LogP contribution in [0.5, 0.6) is 0 Å². The van der Waals surface area contributed by atoms with E-state index < -0.39 is 0 Å². The van der Waals surface area contributed by atoms with E-state index in [1.165, 1.54) is 0 Å². The van der Waals surface area contributed by atoms with E-state index in [0.29, 0.717) is 12.1 Å². The van der Waals surface area contributed by atoms with Crippen LogP contribution in [0.1, 0.15) is 25.2 Å². The van der Waals surface area contributed by atoms with Crippen molar-refractivity contribution >= 4 is 22.6 Å². The van der Waals surface area contributed by atoms with Gasteiger partial charge in [-0.25, -0.2) is 9.78 Å². The van der Waals surface area contributed by atoms with E-state index in [9.17, 15) is 4.79 Å². The molecule has 4 rings (SSSR count). The number of hydrogen-bond acceptors (Lipinski definition) is 3. The predicted molar refractivity (Wildman–Crippen MR) is 111 cm³/mol. The molecule has 0 aliphatic carbocycles. The fourth-order valence-corrected chi connectivity index (χ4v) is 3.16. The Hall–Kier alpha value is -3.67. The summed E-state index contributed by atoms with van der Waals surface area (Å²) in [4.78, 5) is 24.7. The zero-order valence-corrected chi connectivity index (χ0v) is 15.5. The Morgan fingerprint density at radius 3 is 2.68 bits per heavy atom. The maximum atomic E-state index is 12.6. The van der Waals surface area contributed by atoms with E-state index in [2.05, 4.69) is 25.6 Å². The zero-order valence-electron chi connectivity index (χ0n) is 15.5. The van der Waals surface area contributed by atoms with Gasteiger partial charge in [-0.1, -0.05) is 55.5 Å². The summed E-state index contributed by atoms with van der Waals surface area (Å²) in [6.07, 6.45) is 4.22. The van der Waals surface area contributed by atoms with Crippen LogP contribution in [0.4, 0.5) is 10.5 Å². The Labute approximate surface area is 163 Å². The highest BCUT2D eigenvalue weighted by molar-refractivity contribution is 5.99. The Kier molecular flexibility index (Phi) is 5.01. The molecule has 0 bridgehead atoms. The lowest BCUT2D eigenvalue weighted by Crippen LogP contribution is -2.33. The van der Waals surface area contributed by atoms with Crippen molar-refractivity contribution in [1.82, 2.24) is 20.3 Å². The molecule has 28 heavy (non-hydrogen) atoms. The number of rotatable bonds is 5. The van der Waals surface area contributed by atoms with Crippen LogP contribution in [0.2, 0.25) is 0 Å². The highest BCUT2D eigenvalue weighted by Crippen LogP contribution is 2.22. The quantitative estimate of drug-likeness (QED) is 0.467. The van der Waals surface area contributed by atoms with E-state index in [-0.39, 0.29) is 12.1 Å². The van der Waals surface area contributed by atoms with Crippen LogP contribution in [0.3, 0.4) is 0 Å². The molecule has 140 valence electrons. The van der Waals surface area contributed by atoms with Gasteiger partial charge < -0.3 is 15.6 Å². The molecular weight excluding hydrogens is 350 g/mol. The van der Waals surface area contributed by atoms with Gasteiger partial charge >= 0.3 is 6.03 Å². The minimum atomic E-state index is -0.289. The first kappa shape index (κ1) is 17.7. The Bertz CT molecular complexity index is 1090. The minimum Gasteiger partial charge on any atom is -0.340 e. The Morgan fingerprint density at radius 2 is 1.86 bits per heavy atom. The SMILES string of the molecule is CCC(NC(=O)Nc1cccc2cccnc12)c1ncc(-c2ccccc2)[nH]1. The van der Waals surface area contributed by atoms with Gasteiger partial charge in [0.25, 0.3) is 0 Å². The number of aromatic nitrogens is 3. The lowest BCUT2D eigenvalue weighted by molar-refractivity contribution is 0.247. The number of anilines is 1. The molecule has 0 saturated carbocycles. The number of imidazole rings is 1. The van der Waals surface area contributed by atoms with Crippen LogP contribution in [0.25, 0.3) is 22.2 Å². The topological polar surface area (TPSA) is 82.7 Å². The van der Waals surface area contributed by atoms with Crippen LogP contribution < -0.4 is 10.6 Å². The molecule has 0 aliphatic rings. The standard InChI is InChI=1S/C22H21N5O/c1-2-17(21-24-14-19(25-21)15-8-4-3-5-9-15)26-22(28)27-18-12-6-10-16-11-7-13-23-20(16)18/h3-14,17H,2H2,1H3,(H,24,25)(H2,26,27,28). The lowest BCUT2D eigenvalue weighted by Gasteiger charge is -2.16. The fraction of sp³-hybridized carbons (Fsp3) is 0.136. The van der Waals surface area contributed by atoms with Crippen molar-refractivity contribution in [1.29, 1.82) is 0 Å². The van der Waals surface area contributed by atoms with Crippen molar-refractivity contribution < 1.29 is 4.79 Å². The molecule has 1 atom stereocenters. The summed E-state index contributed by atoms with van der Waals surface area (Å²) in [6, 6.07) is 19.0. The van der Waals surface area contributed by atoms with Crippen molar-refractivity contribution in [3.05, 3.63) is 78.9 Å². The molecule has 6 heteroatoms. The van der Waals surface area contributed by atoms with Crippen molar-refractivity contribution in [3.8, 4) is 11.3 Å². The molecule has 0 spiro atoms. The number of aromatic amines is 1. The van der Waals surface area contributed by atoms with E-state index in [0.717, 1.165) is 28.0 Å². The van der Waals surface area contributed by atoms with Crippen LogP contribution in [0.15, 0.2) is 73.1 Å².